The second-order valence-corrected chi connectivity index (χ2v) is 6.23. The third-order valence-electron chi connectivity index (χ3n) is 4.47. The van der Waals surface area contributed by atoms with Crippen molar-refractivity contribution in [2.24, 2.45) is 5.10 Å². The van der Waals surface area contributed by atoms with Gasteiger partial charge in [0.25, 0.3) is 0 Å². The highest BCUT2D eigenvalue weighted by Crippen LogP contribution is 2.18. The third-order valence-corrected chi connectivity index (χ3v) is 4.47. The average Bonchev–Trinajstić information content (AvgIpc) is 2.67. The molecule has 2 aromatic carbocycles. The van der Waals surface area contributed by atoms with Gasteiger partial charge in [0.2, 0.25) is 0 Å². The summed E-state index contributed by atoms with van der Waals surface area (Å²) in [5.74, 6) is 0.880. The van der Waals surface area contributed by atoms with Crippen LogP contribution in [0.2, 0.25) is 0 Å². The summed E-state index contributed by atoms with van der Waals surface area (Å²) in [6.07, 6.45) is 5.87. The predicted octanol–water partition coefficient (Wildman–Crippen LogP) is 2.09. The van der Waals surface area contributed by atoms with Gasteiger partial charge in [-0.2, -0.15) is 5.10 Å². The van der Waals surface area contributed by atoms with Gasteiger partial charge in [0.1, 0.15) is 12.3 Å². The first-order chi connectivity index (χ1) is 12.3. The second-order valence-electron chi connectivity index (χ2n) is 6.23. The predicted molar refractivity (Wildman–Crippen MR) is 103 cm³/mol. The number of methoxy groups -OCH3 is 1. The van der Waals surface area contributed by atoms with Gasteiger partial charge in [-0.25, -0.2) is 0 Å². The van der Waals surface area contributed by atoms with Gasteiger partial charge in [0.15, 0.2) is 0 Å². The number of quaternary nitrogens is 1. The SMILES string of the molecule is COc1ccccc1C=CC=NN1CC[NH+](Cc2ccccc2)CC1. The Balaban J connectivity index is 1.45. The summed E-state index contributed by atoms with van der Waals surface area (Å²) in [4.78, 5) is 1.63. The van der Waals surface area contributed by atoms with Crippen LogP contribution < -0.4 is 9.64 Å². The number of rotatable bonds is 6. The standard InChI is InChI=1S/C21H25N3O/c1-25-21-12-6-5-10-20(21)11-7-13-22-24-16-14-23(15-17-24)18-19-8-3-2-4-9-19/h2-13H,14-18H2,1H3/p+1. The van der Waals surface area contributed by atoms with E-state index in [-0.39, 0.29) is 0 Å². The zero-order chi connectivity index (χ0) is 17.3. The third kappa shape index (κ3) is 5.19. The minimum absolute atomic E-state index is 0.880. The number of allylic oxidation sites excluding steroid dienone is 1. The molecule has 0 aromatic heterocycles. The van der Waals surface area contributed by atoms with Crippen molar-refractivity contribution in [3.63, 3.8) is 0 Å². The number of para-hydroxylation sites is 1. The molecule has 4 nitrogen and oxygen atoms in total. The van der Waals surface area contributed by atoms with E-state index in [9.17, 15) is 0 Å². The molecule has 1 N–H and O–H groups in total. The largest absolute Gasteiger partial charge is 0.496 e. The quantitative estimate of drug-likeness (QED) is 0.819. The van der Waals surface area contributed by atoms with Crippen LogP contribution in [-0.2, 0) is 6.54 Å². The minimum Gasteiger partial charge on any atom is -0.496 e. The lowest BCUT2D eigenvalue weighted by molar-refractivity contribution is -0.918. The van der Waals surface area contributed by atoms with Gasteiger partial charge < -0.3 is 9.64 Å². The molecule has 3 rings (SSSR count). The van der Waals surface area contributed by atoms with Crippen LogP contribution >= 0.6 is 0 Å². The number of nitrogens with one attached hydrogen (secondary N) is 1. The van der Waals surface area contributed by atoms with Crippen molar-refractivity contribution in [3.05, 3.63) is 71.8 Å². The fourth-order valence-corrected chi connectivity index (χ4v) is 3.07. The van der Waals surface area contributed by atoms with Gasteiger partial charge in [-0.1, -0.05) is 48.5 Å². The summed E-state index contributed by atoms with van der Waals surface area (Å²) in [6.45, 7) is 5.36. The van der Waals surface area contributed by atoms with Crippen LogP contribution in [-0.4, -0.2) is 44.5 Å². The van der Waals surface area contributed by atoms with Gasteiger partial charge in [-0.3, -0.25) is 5.01 Å². The maximum absolute atomic E-state index is 5.34. The van der Waals surface area contributed by atoms with Gasteiger partial charge in [-0.15, -0.1) is 0 Å². The molecule has 0 saturated carbocycles. The summed E-state index contributed by atoms with van der Waals surface area (Å²) in [5.41, 5.74) is 2.47. The van der Waals surface area contributed by atoms with E-state index in [1.165, 1.54) is 5.56 Å². The van der Waals surface area contributed by atoms with E-state index in [4.69, 9.17) is 4.74 Å². The molecule has 1 fully saturated rings. The van der Waals surface area contributed by atoms with Gasteiger partial charge >= 0.3 is 0 Å². The Hall–Kier alpha value is -2.59. The Morgan fingerprint density at radius 2 is 1.76 bits per heavy atom. The molecule has 25 heavy (non-hydrogen) atoms. The lowest BCUT2D eigenvalue weighted by Gasteiger charge is -2.30. The van der Waals surface area contributed by atoms with E-state index in [0.717, 1.165) is 44.0 Å². The zero-order valence-corrected chi connectivity index (χ0v) is 14.8. The number of piperazine rings is 1. The molecular weight excluding hydrogens is 310 g/mol. The van der Waals surface area contributed by atoms with Crippen molar-refractivity contribution < 1.29 is 9.64 Å². The Morgan fingerprint density at radius 1 is 1.04 bits per heavy atom. The molecule has 0 spiro atoms. The number of hydrazone groups is 1. The van der Waals surface area contributed by atoms with E-state index in [0.29, 0.717) is 0 Å². The van der Waals surface area contributed by atoms with Gasteiger partial charge in [-0.05, 0) is 18.2 Å². The molecular formula is C21H26N3O+. The highest BCUT2D eigenvalue weighted by atomic mass is 16.5. The molecule has 0 unspecified atom stereocenters. The van der Waals surface area contributed by atoms with Crippen LogP contribution in [0.5, 0.6) is 5.75 Å². The minimum atomic E-state index is 0.880. The molecule has 1 heterocycles. The Kier molecular flexibility index (Phi) is 6.23. The molecule has 1 aliphatic rings. The van der Waals surface area contributed by atoms with Crippen molar-refractivity contribution in [3.8, 4) is 5.75 Å². The topological polar surface area (TPSA) is 29.3 Å². The van der Waals surface area contributed by atoms with Crippen LogP contribution in [0.4, 0.5) is 0 Å². The van der Waals surface area contributed by atoms with Crippen molar-refractivity contribution in [1.29, 1.82) is 0 Å². The number of hydrogen-bond donors (Lipinski definition) is 1. The smallest absolute Gasteiger partial charge is 0.126 e. The number of ether oxygens (including phenoxy) is 1. The molecule has 0 radical (unpaired) electrons. The number of nitrogens with zero attached hydrogens (tertiary/aromatic N) is 2. The molecule has 0 bridgehead atoms. The monoisotopic (exact) mass is 336 g/mol. The average molecular weight is 336 g/mol. The van der Waals surface area contributed by atoms with Crippen LogP contribution in [0.3, 0.4) is 0 Å². The maximum Gasteiger partial charge on any atom is 0.126 e. The van der Waals surface area contributed by atoms with E-state index < -0.39 is 0 Å². The summed E-state index contributed by atoms with van der Waals surface area (Å²) in [5, 5.41) is 6.72. The van der Waals surface area contributed by atoms with Crippen LogP contribution in [0.1, 0.15) is 11.1 Å². The lowest BCUT2D eigenvalue weighted by Crippen LogP contribution is -3.13. The van der Waals surface area contributed by atoms with Crippen molar-refractivity contribution in [2.75, 3.05) is 33.3 Å². The molecule has 1 saturated heterocycles. The summed E-state index contributed by atoms with van der Waals surface area (Å²) >= 11 is 0. The van der Waals surface area contributed by atoms with Crippen LogP contribution in [0.15, 0.2) is 65.8 Å². The van der Waals surface area contributed by atoms with E-state index in [1.54, 1.807) is 12.0 Å². The fraction of sp³-hybridized carbons (Fsp3) is 0.286. The first-order valence-electron chi connectivity index (χ1n) is 8.81. The maximum atomic E-state index is 5.34. The fourth-order valence-electron chi connectivity index (χ4n) is 3.07. The summed E-state index contributed by atoms with van der Waals surface area (Å²) < 4.78 is 5.34. The zero-order valence-electron chi connectivity index (χ0n) is 14.8. The summed E-state index contributed by atoms with van der Waals surface area (Å²) in [7, 11) is 1.69. The number of hydrogen-bond acceptors (Lipinski definition) is 3. The van der Waals surface area contributed by atoms with Crippen LogP contribution in [0.25, 0.3) is 6.08 Å². The van der Waals surface area contributed by atoms with Crippen molar-refractivity contribution in [1.82, 2.24) is 5.01 Å². The number of benzene rings is 2. The normalized spacial score (nSPS) is 16.0. The van der Waals surface area contributed by atoms with E-state index >= 15 is 0 Å². The molecule has 4 heteroatoms. The van der Waals surface area contributed by atoms with Crippen molar-refractivity contribution >= 4 is 12.3 Å². The Morgan fingerprint density at radius 3 is 2.52 bits per heavy atom. The highest BCUT2D eigenvalue weighted by Gasteiger charge is 2.18. The molecule has 0 aliphatic carbocycles. The molecule has 1 aliphatic heterocycles. The van der Waals surface area contributed by atoms with Gasteiger partial charge in [0, 0.05) is 17.3 Å². The second kappa shape index (κ2) is 9.04. The van der Waals surface area contributed by atoms with Crippen molar-refractivity contribution in [2.45, 2.75) is 6.54 Å². The molecule has 0 atom stereocenters. The first kappa shape index (κ1) is 17.2. The molecule has 130 valence electrons. The molecule has 0 amide bonds. The van der Waals surface area contributed by atoms with Crippen LogP contribution in [0, 0.1) is 0 Å². The van der Waals surface area contributed by atoms with E-state index in [1.807, 2.05) is 42.6 Å². The van der Waals surface area contributed by atoms with E-state index in [2.05, 4.69) is 40.4 Å². The lowest BCUT2D eigenvalue weighted by atomic mass is 10.2. The van der Waals surface area contributed by atoms with Gasteiger partial charge in [0.05, 0.1) is 33.3 Å². The Bertz CT molecular complexity index is 704. The first-order valence-corrected chi connectivity index (χ1v) is 8.81. The molecule has 2 aromatic rings. The highest BCUT2D eigenvalue weighted by molar-refractivity contribution is 5.79. The Labute approximate surface area is 150 Å². The summed E-state index contributed by atoms with van der Waals surface area (Å²) in [6, 6.07) is 18.7.